The van der Waals surface area contributed by atoms with Crippen molar-refractivity contribution in [3.05, 3.63) is 122 Å². The molecule has 0 aliphatic heterocycles. The van der Waals surface area contributed by atoms with E-state index in [1.165, 1.54) is 71.6 Å². The van der Waals surface area contributed by atoms with Crippen molar-refractivity contribution in [1.82, 2.24) is 9.55 Å². The number of pyridine rings is 1. The minimum atomic E-state index is 1.17. The van der Waals surface area contributed by atoms with Crippen LogP contribution in [0.1, 0.15) is 0 Å². The summed E-state index contributed by atoms with van der Waals surface area (Å²) in [5.74, 6) is 0. The molecule has 7 aromatic rings. The van der Waals surface area contributed by atoms with Crippen LogP contribution in [0, 0.1) is 0 Å². The number of aromatic nitrogens is 2. The monoisotopic (exact) mass is 444 g/mol. The van der Waals surface area contributed by atoms with Gasteiger partial charge in [-0.3, -0.25) is 4.98 Å². The van der Waals surface area contributed by atoms with Gasteiger partial charge in [-0.05, 0) is 58.1 Å². The molecule has 0 fully saturated rings. The number of benzene rings is 5. The molecule has 0 amide bonds. The Hall–Kier alpha value is -4.69. The van der Waals surface area contributed by atoms with Crippen molar-refractivity contribution in [3.8, 4) is 39.1 Å². The van der Waals surface area contributed by atoms with Crippen LogP contribution in [0.4, 0.5) is 0 Å². The number of nitrogens with zero attached hydrogens (tertiary/aromatic N) is 2. The Balaban J connectivity index is 1.45. The molecule has 0 saturated carbocycles. The van der Waals surface area contributed by atoms with Crippen LogP contribution in [0.5, 0.6) is 0 Å². The molecule has 5 aromatic carbocycles. The second kappa shape index (κ2) is 6.91. The maximum absolute atomic E-state index is 4.60. The molecule has 0 bridgehead atoms. The van der Waals surface area contributed by atoms with Crippen LogP contribution < -0.4 is 0 Å². The molecule has 8 rings (SSSR count). The highest BCUT2D eigenvalue weighted by atomic mass is 15.0. The first-order valence-corrected chi connectivity index (χ1v) is 12.0. The van der Waals surface area contributed by atoms with Gasteiger partial charge in [-0.1, -0.05) is 78.9 Å². The zero-order chi connectivity index (χ0) is 22.9. The summed E-state index contributed by atoms with van der Waals surface area (Å²) in [6, 6.07) is 39.5. The third-order valence-electron chi connectivity index (χ3n) is 7.39. The smallest absolute Gasteiger partial charge is 0.0541 e. The molecule has 0 N–H and O–H groups in total. The molecule has 0 saturated heterocycles. The summed E-state index contributed by atoms with van der Waals surface area (Å²) in [6.07, 6.45) is 4.00. The second-order valence-corrected chi connectivity index (χ2v) is 9.27. The first-order chi connectivity index (χ1) is 17.4. The second-order valence-electron chi connectivity index (χ2n) is 9.27. The molecule has 0 spiro atoms. The van der Waals surface area contributed by atoms with E-state index in [1.807, 2.05) is 12.4 Å². The maximum atomic E-state index is 4.60. The van der Waals surface area contributed by atoms with Gasteiger partial charge in [0.25, 0.3) is 0 Å². The van der Waals surface area contributed by atoms with Crippen LogP contribution in [0.25, 0.3) is 71.6 Å². The molecular formula is C33H20N2. The number of hydrogen-bond acceptors (Lipinski definition) is 1. The van der Waals surface area contributed by atoms with Gasteiger partial charge in [0.2, 0.25) is 0 Å². The fraction of sp³-hybridized carbons (Fsp3) is 0. The number of para-hydroxylation sites is 1. The molecule has 35 heavy (non-hydrogen) atoms. The van der Waals surface area contributed by atoms with E-state index in [9.17, 15) is 0 Å². The minimum Gasteiger partial charge on any atom is -0.309 e. The van der Waals surface area contributed by atoms with E-state index in [0.29, 0.717) is 0 Å². The lowest BCUT2D eigenvalue weighted by Gasteiger charge is -2.12. The van der Waals surface area contributed by atoms with E-state index in [4.69, 9.17) is 0 Å². The molecule has 162 valence electrons. The number of rotatable bonds is 2. The van der Waals surface area contributed by atoms with Crippen molar-refractivity contribution in [3.63, 3.8) is 0 Å². The van der Waals surface area contributed by atoms with Crippen molar-refractivity contribution in [2.75, 3.05) is 0 Å². The molecule has 0 atom stereocenters. The highest BCUT2D eigenvalue weighted by molar-refractivity contribution is 6.16. The van der Waals surface area contributed by atoms with Crippen molar-refractivity contribution < 1.29 is 0 Å². The average Bonchev–Trinajstić information content (AvgIpc) is 3.43. The van der Waals surface area contributed by atoms with E-state index >= 15 is 0 Å². The van der Waals surface area contributed by atoms with Crippen LogP contribution in [-0.4, -0.2) is 9.55 Å². The molecule has 2 aromatic heterocycles. The number of hydrogen-bond donors (Lipinski definition) is 0. The average molecular weight is 445 g/mol. The largest absolute Gasteiger partial charge is 0.309 e. The van der Waals surface area contributed by atoms with Gasteiger partial charge in [-0.2, -0.15) is 0 Å². The normalized spacial score (nSPS) is 12.0. The molecule has 2 nitrogen and oxygen atoms in total. The summed E-state index contributed by atoms with van der Waals surface area (Å²) < 4.78 is 2.41. The first-order valence-electron chi connectivity index (χ1n) is 12.0. The van der Waals surface area contributed by atoms with Gasteiger partial charge in [0.05, 0.1) is 11.0 Å². The fourth-order valence-electron chi connectivity index (χ4n) is 5.87. The number of fused-ring (bicyclic) bond motifs is 6. The third-order valence-corrected chi connectivity index (χ3v) is 7.39. The lowest BCUT2D eigenvalue weighted by molar-refractivity contribution is 1.19. The van der Waals surface area contributed by atoms with Crippen LogP contribution >= 0.6 is 0 Å². The Morgan fingerprint density at radius 2 is 1.23 bits per heavy atom. The zero-order valence-corrected chi connectivity index (χ0v) is 18.9. The molecule has 0 radical (unpaired) electrons. The first kappa shape index (κ1) is 18.7. The summed E-state index contributed by atoms with van der Waals surface area (Å²) in [5, 5.41) is 5.02. The Bertz CT molecular complexity index is 1940. The predicted molar refractivity (Wildman–Crippen MR) is 146 cm³/mol. The molecule has 2 heteroatoms. The molecule has 2 heterocycles. The van der Waals surface area contributed by atoms with E-state index in [0.717, 1.165) is 0 Å². The summed E-state index contributed by atoms with van der Waals surface area (Å²) in [7, 11) is 0. The van der Waals surface area contributed by atoms with E-state index < -0.39 is 0 Å². The van der Waals surface area contributed by atoms with Gasteiger partial charge in [-0.25, -0.2) is 0 Å². The van der Waals surface area contributed by atoms with Crippen LogP contribution in [0.2, 0.25) is 0 Å². The Morgan fingerprint density at radius 3 is 2.11 bits per heavy atom. The van der Waals surface area contributed by atoms with Gasteiger partial charge < -0.3 is 4.57 Å². The summed E-state index contributed by atoms with van der Waals surface area (Å²) in [4.78, 5) is 4.60. The summed E-state index contributed by atoms with van der Waals surface area (Å²) in [6.45, 7) is 0. The van der Waals surface area contributed by atoms with Crippen LogP contribution in [0.15, 0.2) is 122 Å². The summed E-state index contributed by atoms with van der Waals surface area (Å²) in [5.41, 5.74) is 11.2. The topological polar surface area (TPSA) is 17.8 Å². The van der Waals surface area contributed by atoms with Crippen LogP contribution in [-0.2, 0) is 0 Å². The van der Waals surface area contributed by atoms with Crippen LogP contribution in [0.3, 0.4) is 0 Å². The molecule has 0 unspecified atom stereocenters. The van der Waals surface area contributed by atoms with Gasteiger partial charge in [-0.15, -0.1) is 0 Å². The molecular weight excluding hydrogens is 424 g/mol. The van der Waals surface area contributed by atoms with Gasteiger partial charge >= 0.3 is 0 Å². The van der Waals surface area contributed by atoms with Crippen molar-refractivity contribution in [2.24, 2.45) is 0 Å². The Kier molecular flexibility index (Phi) is 3.69. The SMILES string of the molecule is c1ccc(-c2ccc3c(c2)c2ccccc2n3-c2cc3c4c(cncc4c2)-c2ccccc2-3)cc1. The Labute approximate surface area is 202 Å². The highest BCUT2D eigenvalue weighted by Crippen LogP contribution is 2.48. The van der Waals surface area contributed by atoms with Crippen molar-refractivity contribution in [2.45, 2.75) is 0 Å². The standard InChI is InChI=1S/C33H20N2/c1-2-8-21(9-3-1)22-14-15-32-28(17-22)27-12-6-7-13-31(27)35(32)24-16-23-19-34-20-30-26-11-5-4-10-25(26)29(18-24)33(23)30/h1-20H. The quantitative estimate of drug-likeness (QED) is 0.261. The molecule has 1 aliphatic carbocycles. The van der Waals surface area contributed by atoms with Crippen molar-refractivity contribution >= 4 is 32.6 Å². The van der Waals surface area contributed by atoms with E-state index in [-0.39, 0.29) is 0 Å². The van der Waals surface area contributed by atoms with E-state index in [1.54, 1.807) is 0 Å². The fourth-order valence-corrected chi connectivity index (χ4v) is 5.87. The lowest BCUT2D eigenvalue weighted by atomic mass is 10.0. The third kappa shape index (κ3) is 2.57. The van der Waals surface area contributed by atoms with Crippen molar-refractivity contribution in [1.29, 1.82) is 0 Å². The highest BCUT2D eigenvalue weighted by Gasteiger charge is 2.23. The van der Waals surface area contributed by atoms with Gasteiger partial charge in [0.15, 0.2) is 0 Å². The maximum Gasteiger partial charge on any atom is 0.0541 e. The molecule has 1 aliphatic rings. The van der Waals surface area contributed by atoms with Gasteiger partial charge in [0.1, 0.15) is 0 Å². The lowest BCUT2D eigenvalue weighted by Crippen LogP contribution is -1.95. The van der Waals surface area contributed by atoms with Gasteiger partial charge in [0, 0.05) is 45.2 Å². The Morgan fingerprint density at radius 1 is 0.486 bits per heavy atom. The van der Waals surface area contributed by atoms with E-state index in [2.05, 4.69) is 119 Å². The predicted octanol–water partition coefficient (Wildman–Crippen LogP) is 8.65. The zero-order valence-electron chi connectivity index (χ0n) is 18.9. The summed E-state index contributed by atoms with van der Waals surface area (Å²) >= 11 is 0. The minimum absolute atomic E-state index is 1.17.